The van der Waals surface area contributed by atoms with Gasteiger partial charge in [-0.25, -0.2) is 0 Å². The zero-order chi connectivity index (χ0) is 17.8. The molecular formula is C22H30OSi. The lowest BCUT2D eigenvalue weighted by molar-refractivity contribution is 0.362. The summed E-state index contributed by atoms with van der Waals surface area (Å²) in [5.41, 5.74) is 2.60. The fraction of sp³-hybridized carbons (Fsp3) is 0.364. The molecule has 0 aromatic heterocycles. The molecule has 128 valence electrons. The molecule has 0 saturated heterocycles. The van der Waals surface area contributed by atoms with Crippen molar-refractivity contribution in [1.29, 1.82) is 0 Å². The molecule has 2 aromatic rings. The first-order valence-electron chi connectivity index (χ1n) is 8.68. The predicted molar refractivity (Wildman–Crippen MR) is 107 cm³/mol. The third-order valence-corrected chi connectivity index (χ3v) is 4.72. The van der Waals surface area contributed by atoms with Crippen molar-refractivity contribution in [2.75, 3.05) is 0 Å². The van der Waals surface area contributed by atoms with Crippen LogP contribution < -0.4 is 0 Å². The van der Waals surface area contributed by atoms with Crippen LogP contribution in [0.5, 0.6) is 0 Å². The lowest BCUT2D eigenvalue weighted by atomic mass is 9.76. The van der Waals surface area contributed by atoms with Gasteiger partial charge in [-0.05, 0) is 36.7 Å². The van der Waals surface area contributed by atoms with Crippen LogP contribution in [-0.2, 0) is 4.43 Å². The third-order valence-electron chi connectivity index (χ3n) is 3.88. The number of allylic oxidation sites excluding steroid dienone is 1. The minimum absolute atomic E-state index is 0.115. The Morgan fingerprint density at radius 1 is 0.875 bits per heavy atom. The lowest BCUT2D eigenvalue weighted by Gasteiger charge is -2.31. The molecule has 24 heavy (non-hydrogen) atoms. The summed E-state index contributed by atoms with van der Waals surface area (Å²) in [5, 5.41) is 0. The van der Waals surface area contributed by atoms with Gasteiger partial charge in [0.1, 0.15) is 5.76 Å². The van der Waals surface area contributed by atoms with Crippen molar-refractivity contribution >= 4 is 14.1 Å². The Labute approximate surface area is 148 Å². The largest absolute Gasteiger partial charge is 0.544 e. The summed E-state index contributed by atoms with van der Waals surface area (Å²) in [6.07, 6.45) is 2.32. The van der Waals surface area contributed by atoms with Crippen LogP contribution >= 0.6 is 0 Å². The number of hydrogen-bond donors (Lipinski definition) is 0. The predicted octanol–water partition coefficient (Wildman–Crippen LogP) is 6.71. The van der Waals surface area contributed by atoms with Crippen LogP contribution in [0.2, 0.25) is 19.6 Å². The molecule has 2 heteroatoms. The molecule has 0 radical (unpaired) electrons. The molecule has 1 nitrogen and oxygen atoms in total. The summed E-state index contributed by atoms with van der Waals surface area (Å²) < 4.78 is 6.47. The van der Waals surface area contributed by atoms with E-state index in [-0.39, 0.29) is 5.41 Å². The van der Waals surface area contributed by atoms with Gasteiger partial charge in [-0.15, -0.1) is 0 Å². The minimum atomic E-state index is -1.70. The van der Waals surface area contributed by atoms with Crippen LogP contribution in [0.1, 0.15) is 37.8 Å². The lowest BCUT2D eigenvalue weighted by Crippen LogP contribution is -2.25. The van der Waals surface area contributed by atoms with Gasteiger partial charge >= 0.3 is 0 Å². The first-order valence-corrected chi connectivity index (χ1v) is 12.1. The highest BCUT2D eigenvalue weighted by Crippen LogP contribution is 2.38. The smallest absolute Gasteiger partial charge is 0.242 e. The van der Waals surface area contributed by atoms with Gasteiger partial charge in [-0.3, -0.25) is 0 Å². The standard InChI is InChI=1S/C22H30OSi/c1-22(2,3)20(18-13-9-7-10-14-18)17-21(23-24(4,5)6)19-15-11-8-12-16-19/h7-17,20H,1-6H3. The van der Waals surface area contributed by atoms with E-state index in [1.165, 1.54) is 5.56 Å². The molecule has 0 aliphatic carbocycles. The SMILES string of the molecule is CC(C)(C)C(C=C(O[Si](C)(C)C)c1ccccc1)c1ccccc1. The van der Waals surface area contributed by atoms with Crippen molar-refractivity contribution in [3.63, 3.8) is 0 Å². The van der Waals surface area contributed by atoms with E-state index in [2.05, 4.69) is 101 Å². The second kappa shape index (κ2) is 7.39. The Kier molecular flexibility index (Phi) is 5.71. The maximum atomic E-state index is 6.47. The Balaban J connectivity index is 2.52. The third kappa shape index (κ3) is 5.38. The molecule has 0 fully saturated rings. The summed E-state index contributed by atoms with van der Waals surface area (Å²) in [4.78, 5) is 0. The van der Waals surface area contributed by atoms with Crippen LogP contribution in [-0.4, -0.2) is 8.32 Å². The van der Waals surface area contributed by atoms with Crippen LogP contribution in [0.25, 0.3) is 5.76 Å². The van der Waals surface area contributed by atoms with Crippen molar-refractivity contribution in [1.82, 2.24) is 0 Å². The monoisotopic (exact) mass is 338 g/mol. The number of rotatable bonds is 5. The average Bonchev–Trinajstić information content (AvgIpc) is 2.51. The molecule has 0 aliphatic heterocycles. The van der Waals surface area contributed by atoms with Crippen LogP contribution in [0, 0.1) is 5.41 Å². The maximum Gasteiger partial charge on any atom is 0.242 e. The van der Waals surface area contributed by atoms with Gasteiger partial charge < -0.3 is 4.43 Å². The molecule has 1 atom stereocenters. The molecule has 2 rings (SSSR count). The molecule has 1 unspecified atom stereocenters. The van der Waals surface area contributed by atoms with E-state index in [9.17, 15) is 0 Å². The van der Waals surface area contributed by atoms with E-state index >= 15 is 0 Å². The maximum absolute atomic E-state index is 6.47. The topological polar surface area (TPSA) is 9.23 Å². The van der Waals surface area contributed by atoms with Gasteiger partial charge in [-0.2, -0.15) is 0 Å². The normalized spacial score (nSPS) is 14.3. The highest BCUT2D eigenvalue weighted by Gasteiger charge is 2.27. The zero-order valence-electron chi connectivity index (χ0n) is 15.8. The molecule has 0 N–H and O–H groups in total. The van der Waals surface area contributed by atoms with Gasteiger partial charge in [0, 0.05) is 11.5 Å². The quantitative estimate of drug-likeness (QED) is 0.435. The Bertz CT molecular complexity index is 661. The molecule has 0 amide bonds. The fourth-order valence-electron chi connectivity index (χ4n) is 2.78. The van der Waals surface area contributed by atoms with E-state index in [1.54, 1.807) is 0 Å². The molecular weight excluding hydrogens is 308 g/mol. The Morgan fingerprint density at radius 2 is 1.38 bits per heavy atom. The van der Waals surface area contributed by atoms with Gasteiger partial charge in [-0.1, -0.05) is 81.4 Å². The van der Waals surface area contributed by atoms with E-state index in [0.717, 1.165) is 11.3 Å². The van der Waals surface area contributed by atoms with Crippen molar-refractivity contribution in [2.45, 2.75) is 46.3 Å². The van der Waals surface area contributed by atoms with Gasteiger partial charge in [0.15, 0.2) is 0 Å². The van der Waals surface area contributed by atoms with Crippen molar-refractivity contribution in [2.24, 2.45) is 5.41 Å². The summed E-state index contributed by atoms with van der Waals surface area (Å²) in [7, 11) is -1.70. The van der Waals surface area contributed by atoms with Crippen molar-refractivity contribution < 1.29 is 4.43 Å². The molecule has 0 saturated carbocycles. The van der Waals surface area contributed by atoms with Crippen LogP contribution in [0.4, 0.5) is 0 Å². The molecule has 0 bridgehead atoms. The second-order valence-electron chi connectivity index (χ2n) is 8.37. The van der Waals surface area contributed by atoms with E-state index in [1.807, 2.05) is 6.07 Å². The van der Waals surface area contributed by atoms with E-state index < -0.39 is 8.32 Å². The van der Waals surface area contributed by atoms with E-state index in [0.29, 0.717) is 5.92 Å². The van der Waals surface area contributed by atoms with Crippen LogP contribution in [0.3, 0.4) is 0 Å². The summed E-state index contributed by atoms with van der Waals surface area (Å²) in [5.74, 6) is 1.31. The van der Waals surface area contributed by atoms with Gasteiger partial charge in [0.25, 0.3) is 0 Å². The summed E-state index contributed by atoms with van der Waals surface area (Å²) in [6, 6.07) is 21.2. The molecule has 0 spiro atoms. The first-order chi connectivity index (χ1) is 11.2. The molecule has 0 aliphatic rings. The summed E-state index contributed by atoms with van der Waals surface area (Å²) >= 11 is 0. The summed E-state index contributed by atoms with van der Waals surface area (Å²) in [6.45, 7) is 13.6. The number of benzene rings is 2. The average molecular weight is 339 g/mol. The molecule has 2 aromatic carbocycles. The minimum Gasteiger partial charge on any atom is -0.544 e. The van der Waals surface area contributed by atoms with Crippen molar-refractivity contribution in [3.8, 4) is 0 Å². The highest BCUT2D eigenvalue weighted by atomic mass is 28.4. The zero-order valence-corrected chi connectivity index (χ0v) is 16.8. The first kappa shape index (κ1) is 18.5. The second-order valence-corrected chi connectivity index (χ2v) is 12.8. The van der Waals surface area contributed by atoms with Crippen LogP contribution in [0.15, 0.2) is 66.7 Å². The Hall–Kier alpha value is -1.80. The van der Waals surface area contributed by atoms with Gasteiger partial charge in [0.2, 0.25) is 8.32 Å². The highest BCUT2D eigenvalue weighted by molar-refractivity contribution is 6.70. The number of hydrogen-bond acceptors (Lipinski definition) is 1. The van der Waals surface area contributed by atoms with Crippen molar-refractivity contribution in [3.05, 3.63) is 77.9 Å². The Morgan fingerprint density at radius 3 is 1.83 bits per heavy atom. The molecule has 0 heterocycles. The van der Waals surface area contributed by atoms with E-state index in [4.69, 9.17) is 4.43 Å². The van der Waals surface area contributed by atoms with Gasteiger partial charge in [0.05, 0.1) is 0 Å². The fourth-order valence-corrected chi connectivity index (χ4v) is 3.63.